The summed E-state index contributed by atoms with van der Waals surface area (Å²) >= 11 is 4.48. The van der Waals surface area contributed by atoms with E-state index < -0.39 is 16.1 Å². The molecule has 0 radical (unpaired) electrons. The van der Waals surface area contributed by atoms with Crippen LogP contribution in [-0.4, -0.2) is 21.2 Å². The van der Waals surface area contributed by atoms with Crippen molar-refractivity contribution in [3.63, 3.8) is 0 Å². The van der Waals surface area contributed by atoms with E-state index in [0.717, 1.165) is 5.56 Å². The predicted molar refractivity (Wildman–Crippen MR) is 78.4 cm³/mol. The van der Waals surface area contributed by atoms with Crippen LogP contribution in [0.1, 0.15) is 19.4 Å². The molecule has 1 N–H and O–H groups in total. The Bertz CT molecular complexity index is 493. The fourth-order valence-corrected chi connectivity index (χ4v) is 3.41. The van der Waals surface area contributed by atoms with Gasteiger partial charge in [0, 0.05) is 11.8 Å². The number of carboxylic acid groups (broad SMARTS) is 1. The Labute approximate surface area is 123 Å². The Balaban J connectivity index is 2.86. The van der Waals surface area contributed by atoms with E-state index in [0.29, 0.717) is 10.2 Å². The molecule has 0 fully saturated rings. The fraction of sp³-hybridized carbons (Fsp3) is 0.417. The first-order valence-corrected chi connectivity index (χ1v) is 7.45. The Morgan fingerprint density at radius 3 is 2.63 bits per heavy atom. The van der Waals surface area contributed by atoms with Gasteiger partial charge in [-0.05, 0) is 27.4 Å². The van der Waals surface area contributed by atoms with Crippen molar-refractivity contribution in [2.75, 3.05) is 0 Å². The van der Waals surface area contributed by atoms with Gasteiger partial charge in [-0.15, -0.1) is 11.8 Å². The number of aliphatic carboxylic acids is 1. The van der Waals surface area contributed by atoms with Crippen LogP contribution in [0.2, 0.25) is 0 Å². The normalized spacial score (nSPS) is 12.4. The third-order valence-electron chi connectivity index (χ3n) is 2.52. The van der Waals surface area contributed by atoms with Crippen molar-refractivity contribution in [3.05, 3.63) is 38.3 Å². The zero-order valence-corrected chi connectivity index (χ0v) is 12.9. The molecule has 1 unspecified atom stereocenters. The number of carbonyl (C=O) groups is 1. The second-order valence-corrected chi connectivity index (χ2v) is 6.24. The first-order chi connectivity index (χ1) is 8.84. The zero-order valence-electron chi connectivity index (χ0n) is 10.5. The van der Waals surface area contributed by atoms with E-state index in [1.165, 1.54) is 17.8 Å². The maximum atomic E-state index is 11.1. The van der Waals surface area contributed by atoms with E-state index in [2.05, 4.69) is 15.9 Å². The van der Waals surface area contributed by atoms with E-state index in [9.17, 15) is 14.9 Å². The molecule has 1 rings (SSSR count). The Morgan fingerprint density at radius 1 is 1.53 bits per heavy atom. The molecule has 0 amide bonds. The zero-order chi connectivity index (χ0) is 14.6. The molecule has 19 heavy (non-hydrogen) atoms. The Morgan fingerprint density at radius 2 is 2.16 bits per heavy atom. The molecule has 0 aliphatic heterocycles. The van der Waals surface area contributed by atoms with Crippen molar-refractivity contribution < 1.29 is 14.8 Å². The van der Waals surface area contributed by atoms with Crippen molar-refractivity contribution >= 4 is 39.3 Å². The van der Waals surface area contributed by atoms with Gasteiger partial charge in [0.1, 0.15) is 5.25 Å². The number of hydrogen-bond donors (Lipinski definition) is 1. The van der Waals surface area contributed by atoms with Crippen LogP contribution in [0.25, 0.3) is 0 Å². The second-order valence-electron chi connectivity index (χ2n) is 4.32. The first kappa shape index (κ1) is 16.0. The highest BCUT2D eigenvalue weighted by molar-refractivity contribution is 9.10. The lowest BCUT2D eigenvalue weighted by molar-refractivity contribution is -0.385. The van der Waals surface area contributed by atoms with Crippen LogP contribution in [0.4, 0.5) is 5.69 Å². The summed E-state index contributed by atoms with van der Waals surface area (Å²) in [5, 5.41) is 19.4. The number of hydrogen-bond acceptors (Lipinski definition) is 4. The van der Waals surface area contributed by atoms with Crippen LogP contribution in [0.15, 0.2) is 22.7 Å². The van der Waals surface area contributed by atoms with E-state index in [1.807, 2.05) is 13.8 Å². The molecule has 0 aliphatic rings. The molecule has 104 valence electrons. The molecular weight excluding hydrogens is 334 g/mol. The molecule has 0 aliphatic carbocycles. The monoisotopic (exact) mass is 347 g/mol. The van der Waals surface area contributed by atoms with Crippen LogP contribution in [0.3, 0.4) is 0 Å². The predicted octanol–water partition coefficient (Wildman–Crippen LogP) is 3.70. The lowest BCUT2D eigenvalue weighted by Crippen LogP contribution is -2.22. The number of nitro benzene ring substituents is 1. The lowest BCUT2D eigenvalue weighted by atomic mass is 10.1. The maximum absolute atomic E-state index is 11.1. The molecule has 0 heterocycles. The second kappa shape index (κ2) is 6.91. The molecule has 0 bridgehead atoms. The van der Waals surface area contributed by atoms with Gasteiger partial charge in [0.2, 0.25) is 0 Å². The fourth-order valence-electron chi connectivity index (χ4n) is 1.55. The number of rotatable bonds is 6. The first-order valence-electron chi connectivity index (χ1n) is 5.60. The highest BCUT2D eigenvalue weighted by atomic mass is 79.9. The van der Waals surface area contributed by atoms with Crippen molar-refractivity contribution in [1.82, 2.24) is 0 Å². The molecule has 0 saturated carbocycles. The summed E-state index contributed by atoms with van der Waals surface area (Å²) < 4.78 is 0.417. The maximum Gasteiger partial charge on any atom is 0.316 e. The summed E-state index contributed by atoms with van der Waals surface area (Å²) in [6, 6.07) is 4.77. The van der Waals surface area contributed by atoms with Crippen molar-refractivity contribution in [3.8, 4) is 0 Å². The Kier molecular flexibility index (Phi) is 5.81. The molecule has 5 nitrogen and oxygen atoms in total. The van der Waals surface area contributed by atoms with Crippen LogP contribution in [0.5, 0.6) is 0 Å². The minimum atomic E-state index is -0.860. The number of nitrogens with zero attached hydrogens (tertiary/aromatic N) is 1. The Hall–Kier alpha value is -1.08. The third kappa shape index (κ3) is 4.21. The van der Waals surface area contributed by atoms with Gasteiger partial charge in [0.25, 0.3) is 5.69 Å². The summed E-state index contributed by atoms with van der Waals surface area (Å²) in [6.07, 6.45) is 0. The van der Waals surface area contributed by atoms with Gasteiger partial charge in [-0.25, -0.2) is 0 Å². The third-order valence-corrected chi connectivity index (χ3v) is 5.02. The molecule has 1 aromatic carbocycles. The number of carboxylic acids is 1. The molecule has 0 aromatic heterocycles. The summed E-state index contributed by atoms with van der Waals surface area (Å²) in [6.45, 7) is 3.68. The molecule has 0 saturated heterocycles. The van der Waals surface area contributed by atoms with Crippen LogP contribution >= 0.6 is 27.7 Å². The van der Waals surface area contributed by atoms with Crippen molar-refractivity contribution in [1.29, 1.82) is 0 Å². The van der Waals surface area contributed by atoms with Gasteiger partial charge in [-0.3, -0.25) is 14.9 Å². The van der Waals surface area contributed by atoms with E-state index >= 15 is 0 Å². The smallest absolute Gasteiger partial charge is 0.316 e. The highest BCUT2D eigenvalue weighted by Crippen LogP contribution is 2.32. The number of halogens is 1. The van der Waals surface area contributed by atoms with Crippen molar-refractivity contribution in [2.24, 2.45) is 5.92 Å². The molecule has 0 spiro atoms. The highest BCUT2D eigenvalue weighted by Gasteiger charge is 2.23. The van der Waals surface area contributed by atoms with Gasteiger partial charge >= 0.3 is 5.97 Å². The van der Waals surface area contributed by atoms with Crippen LogP contribution in [-0.2, 0) is 10.5 Å². The molecule has 1 atom stereocenters. The topological polar surface area (TPSA) is 80.4 Å². The van der Waals surface area contributed by atoms with E-state index in [1.54, 1.807) is 12.1 Å². The summed E-state index contributed by atoms with van der Waals surface area (Å²) in [5.41, 5.74) is 0.723. The number of nitro groups is 1. The number of benzene rings is 1. The minimum Gasteiger partial charge on any atom is -0.480 e. The SMILES string of the molecule is CC(C)C(SCc1cccc([N+](=O)[O-])c1Br)C(=O)O. The number of thioether (sulfide) groups is 1. The van der Waals surface area contributed by atoms with E-state index in [-0.39, 0.29) is 11.6 Å². The van der Waals surface area contributed by atoms with Gasteiger partial charge in [0.05, 0.1) is 9.40 Å². The minimum absolute atomic E-state index is 0.0000245. The van der Waals surface area contributed by atoms with Crippen LogP contribution in [0, 0.1) is 16.0 Å². The average molecular weight is 348 g/mol. The average Bonchev–Trinajstić information content (AvgIpc) is 2.30. The molecule has 7 heteroatoms. The molecular formula is C12H14BrNO4S. The lowest BCUT2D eigenvalue weighted by Gasteiger charge is -2.15. The summed E-state index contributed by atoms with van der Waals surface area (Å²) in [4.78, 5) is 21.4. The largest absolute Gasteiger partial charge is 0.480 e. The summed E-state index contributed by atoms with van der Waals surface area (Å²) in [5.74, 6) is -0.446. The standard InChI is InChI=1S/C12H14BrNO4S/c1-7(2)11(12(15)16)19-6-8-4-3-5-9(10(8)13)14(17)18/h3-5,7,11H,6H2,1-2H3,(H,15,16). The quantitative estimate of drug-likeness (QED) is 0.626. The molecule has 1 aromatic rings. The van der Waals surface area contributed by atoms with Crippen molar-refractivity contribution in [2.45, 2.75) is 24.9 Å². The van der Waals surface area contributed by atoms with Crippen LogP contribution < -0.4 is 0 Å². The van der Waals surface area contributed by atoms with Gasteiger partial charge in [0.15, 0.2) is 0 Å². The van der Waals surface area contributed by atoms with Gasteiger partial charge in [-0.1, -0.05) is 26.0 Å². The van der Waals surface area contributed by atoms with Gasteiger partial charge in [-0.2, -0.15) is 0 Å². The van der Waals surface area contributed by atoms with E-state index in [4.69, 9.17) is 5.11 Å². The summed E-state index contributed by atoms with van der Waals surface area (Å²) in [7, 11) is 0. The van der Waals surface area contributed by atoms with Gasteiger partial charge < -0.3 is 5.11 Å².